The van der Waals surface area contributed by atoms with E-state index >= 15 is 0 Å². The fraction of sp³-hybridized carbons (Fsp3) is 0.333. The molecular formula is C12H16N2O3S. The lowest BCUT2D eigenvalue weighted by Crippen LogP contribution is -2.41. The number of carbonyl (C=O) groups excluding carboxylic acids is 2. The molecule has 6 heteroatoms. The molecule has 1 unspecified atom stereocenters. The normalized spacial score (nSPS) is 11.6. The molecule has 2 N–H and O–H groups in total. The fourth-order valence-electron chi connectivity index (χ4n) is 1.31. The van der Waals surface area contributed by atoms with Crippen LogP contribution in [0.25, 0.3) is 0 Å². The van der Waals surface area contributed by atoms with Crippen LogP contribution < -0.4 is 10.6 Å². The molecule has 0 saturated carbocycles. The van der Waals surface area contributed by atoms with Crippen molar-refractivity contribution < 1.29 is 14.3 Å². The smallest absolute Gasteiger partial charge is 0.309 e. The van der Waals surface area contributed by atoms with Crippen molar-refractivity contribution in [1.29, 1.82) is 0 Å². The van der Waals surface area contributed by atoms with Crippen LogP contribution in [0.5, 0.6) is 0 Å². The molecule has 5 nitrogen and oxygen atoms in total. The molecule has 0 fully saturated rings. The molecule has 1 aromatic rings. The Morgan fingerprint density at radius 3 is 2.78 bits per heavy atom. The van der Waals surface area contributed by atoms with Crippen molar-refractivity contribution >= 4 is 23.2 Å². The Bertz CT molecular complexity index is 403. The van der Waals surface area contributed by atoms with Crippen molar-refractivity contribution in [2.24, 2.45) is 0 Å². The summed E-state index contributed by atoms with van der Waals surface area (Å²) in [6.07, 6.45) is 1.27. The lowest BCUT2D eigenvalue weighted by atomic mass is 10.2. The average Bonchev–Trinajstić information content (AvgIpc) is 2.90. The van der Waals surface area contributed by atoms with Crippen LogP contribution in [0, 0.1) is 0 Å². The molecule has 1 atom stereocenters. The van der Waals surface area contributed by atoms with Gasteiger partial charge in [-0.2, -0.15) is 11.3 Å². The van der Waals surface area contributed by atoms with Gasteiger partial charge in [0.25, 0.3) is 0 Å². The van der Waals surface area contributed by atoms with Crippen LogP contribution in [0.1, 0.15) is 11.7 Å². The third kappa shape index (κ3) is 4.31. The molecule has 0 aliphatic carbocycles. The van der Waals surface area contributed by atoms with Gasteiger partial charge in [-0.05, 0) is 22.4 Å². The van der Waals surface area contributed by atoms with Crippen LogP contribution in [0.4, 0.5) is 0 Å². The Kier molecular flexibility index (Phi) is 6.10. The van der Waals surface area contributed by atoms with Gasteiger partial charge in [-0.3, -0.25) is 9.59 Å². The summed E-state index contributed by atoms with van der Waals surface area (Å²) in [6.45, 7) is 3.97. The Morgan fingerprint density at radius 1 is 1.50 bits per heavy atom. The zero-order valence-electron chi connectivity index (χ0n) is 10.1. The van der Waals surface area contributed by atoms with Gasteiger partial charge in [0, 0.05) is 20.2 Å². The first-order chi connectivity index (χ1) is 8.69. The van der Waals surface area contributed by atoms with Crippen LogP contribution in [-0.4, -0.2) is 32.0 Å². The number of methoxy groups -OCH3 is 1. The maximum atomic E-state index is 11.4. The van der Waals surface area contributed by atoms with Crippen LogP contribution >= 0.6 is 11.3 Å². The minimum absolute atomic E-state index is 0.243. The van der Waals surface area contributed by atoms with Crippen LogP contribution in [0.15, 0.2) is 29.5 Å². The van der Waals surface area contributed by atoms with Crippen molar-refractivity contribution in [3.63, 3.8) is 0 Å². The first-order valence-corrected chi connectivity index (χ1v) is 6.35. The number of carbonyl (C=O) groups is 2. The third-order valence-electron chi connectivity index (χ3n) is 2.26. The highest BCUT2D eigenvalue weighted by molar-refractivity contribution is 7.07. The first-order valence-electron chi connectivity index (χ1n) is 5.40. The second-order valence-corrected chi connectivity index (χ2v) is 4.27. The number of amides is 2. The van der Waals surface area contributed by atoms with Crippen molar-refractivity contribution in [2.75, 3.05) is 20.2 Å². The molecule has 0 aliphatic heterocycles. The summed E-state index contributed by atoms with van der Waals surface area (Å²) in [4.78, 5) is 22.7. The molecule has 1 heterocycles. The van der Waals surface area contributed by atoms with Crippen molar-refractivity contribution in [3.05, 3.63) is 35.0 Å². The Balaban J connectivity index is 2.41. The average molecular weight is 268 g/mol. The van der Waals surface area contributed by atoms with E-state index in [-0.39, 0.29) is 19.2 Å². The quantitative estimate of drug-likeness (QED) is 0.594. The molecule has 98 valence electrons. The second kappa shape index (κ2) is 7.62. The van der Waals surface area contributed by atoms with Gasteiger partial charge >= 0.3 is 11.8 Å². The second-order valence-electron chi connectivity index (χ2n) is 3.49. The van der Waals surface area contributed by atoms with E-state index in [4.69, 9.17) is 4.74 Å². The van der Waals surface area contributed by atoms with Crippen LogP contribution in [0.3, 0.4) is 0 Å². The van der Waals surface area contributed by atoms with Gasteiger partial charge in [0.2, 0.25) is 0 Å². The molecule has 0 spiro atoms. The predicted octanol–water partition coefficient (Wildman–Crippen LogP) is 0.854. The van der Waals surface area contributed by atoms with E-state index in [1.54, 1.807) is 18.4 Å². The summed E-state index contributed by atoms with van der Waals surface area (Å²) in [7, 11) is 1.56. The minimum atomic E-state index is -0.672. The number of ether oxygens (including phenoxy) is 1. The van der Waals surface area contributed by atoms with E-state index in [2.05, 4.69) is 17.2 Å². The number of nitrogens with one attached hydrogen (secondary N) is 2. The maximum absolute atomic E-state index is 11.4. The summed E-state index contributed by atoms with van der Waals surface area (Å²) in [5, 5.41) is 8.80. The van der Waals surface area contributed by atoms with Crippen LogP contribution in [-0.2, 0) is 14.3 Å². The summed E-state index contributed by atoms with van der Waals surface area (Å²) in [5.41, 5.74) is 0.981. The van der Waals surface area contributed by atoms with E-state index in [9.17, 15) is 9.59 Å². The van der Waals surface area contributed by atoms with Gasteiger partial charge in [0.15, 0.2) is 0 Å². The lowest BCUT2D eigenvalue weighted by Gasteiger charge is -2.14. The summed E-state index contributed by atoms with van der Waals surface area (Å²) in [6, 6.07) is 1.92. The monoisotopic (exact) mass is 268 g/mol. The van der Waals surface area contributed by atoms with Crippen molar-refractivity contribution in [3.8, 4) is 0 Å². The van der Waals surface area contributed by atoms with E-state index < -0.39 is 11.8 Å². The molecule has 1 rings (SSSR count). The Hall–Kier alpha value is -1.66. The molecule has 18 heavy (non-hydrogen) atoms. The van der Waals surface area contributed by atoms with E-state index in [1.165, 1.54) is 6.08 Å². The van der Waals surface area contributed by atoms with Crippen LogP contribution in [0.2, 0.25) is 0 Å². The minimum Gasteiger partial charge on any atom is -0.375 e. The third-order valence-corrected chi connectivity index (χ3v) is 2.96. The number of rotatable bonds is 6. The predicted molar refractivity (Wildman–Crippen MR) is 70.3 cm³/mol. The molecule has 1 aromatic heterocycles. The summed E-state index contributed by atoms with van der Waals surface area (Å²) < 4.78 is 5.25. The maximum Gasteiger partial charge on any atom is 0.309 e. The van der Waals surface area contributed by atoms with E-state index in [1.807, 2.05) is 16.8 Å². The highest BCUT2D eigenvalue weighted by Crippen LogP contribution is 2.18. The Morgan fingerprint density at radius 2 is 2.22 bits per heavy atom. The Labute approximate surface area is 110 Å². The molecule has 0 radical (unpaired) electrons. The highest BCUT2D eigenvalue weighted by atomic mass is 32.1. The largest absolute Gasteiger partial charge is 0.375 e. The van der Waals surface area contributed by atoms with Gasteiger partial charge in [-0.15, -0.1) is 6.58 Å². The standard InChI is InChI=1S/C12H16N2O3S/c1-3-5-13-11(15)12(16)14-7-10(17-2)9-4-6-18-8-9/h3-4,6,8,10H,1,5,7H2,2H3,(H,13,15)(H,14,16). The summed E-state index contributed by atoms with van der Waals surface area (Å²) in [5.74, 6) is -1.34. The summed E-state index contributed by atoms with van der Waals surface area (Å²) >= 11 is 1.55. The lowest BCUT2D eigenvalue weighted by molar-refractivity contribution is -0.139. The molecule has 0 aromatic carbocycles. The number of thiophene rings is 1. The molecule has 0 bridgehead atoms. The topological polar surface area (TPSA) is 67.4 Å². The zero-order valence-corrected chi connectivity index (χ0v) is 11.0. The first kappa shape index (κ1) is 14.4. The molecule has 2 amide bonds. The van der Waals surface area contributed by atoms with Crippen molar-refractivity contribution in [2.45, 2.75) is 6.10 Å². The molecule has 0 aliphatic rings. The van der Waals surface area contributed by atoms with Gasteiger partial charge in [0.1, 0.15) is 6.10 Å². The van der Waals surface area contributed by atoms with Crippen molar-refractivity contribution in [1.82, 2.24) is 10.6 Å². The SMILES string of the molecule is C=CCNC(=O)C(=O)NCC(OC)c1ccsc1. The molecule has 0 saturated heterocycles. The zero-order chi connectivity index (χ0) is 13.4. The van der Waals surface area contributed by atoms with Gasteiger partial charge < -0.3 is 15.4 Å². The van der Waals surface area contributed by atoms with E-state index in [0.29, 0.717) is 0 Å². The molecular weight excluding hydrogens is 252 g/mol. The van der Waals surface area contributed by atoms with Gasteiger partial charge in [0.05, 0.1) is 0 Å². The highest BCUT2D eigenvalue weighted by Gasteiger charge is 2.16. The van der Waals surface area contributed by atoms with E-state index in [0.717, 1.165) is 5.56 Å². The number of hydrogen-bond donors (Lipinski definition) is 2. The number of hydrogen-bond acceptors (Lipinski definition) is 4. The van der Waals surface area contributed by atoms with Gasteiger partial charge in [-0.25, -0.2) is 0 Å². The van der Waals surface area contributed by atoms with Gasteiger partial charge in [-0.1, -0.05) is 6.08 Å². The fourth-order valence-corrected chi connectivity index (χ4v) is 2.01.